The molecule has 1 atom stereocenters. The van der Waals surface area contributed by atoms with Crippen molar-refractivity contribution in [2.45, 2.75) is 18.9 Å². The summed E-state index contributed by atoms with van der Waals surface area (Å²) in [5.41, 5.74) is 8.07. The largest absolute Gasteiger partial charge is 0.370 e. The van der Waals surface area contributed by atoms with Gasteiger partial charge in [-0.2, -0.15) is 0 Å². The van der Waals surface area contributed by atoms with Crippen molar-refractivity contribution in [2.24, 2.45) is 5.73 Å². The molecule has 0 spiro atoms. The average Bonchev–Trinajstić information content (AvgIpc) is 2.09. The maximum Gasteiger partial charge on any atom is 0.185 e. The van der Waals surface area contributed by atoms with E-state index in [0.29, 0.717) is 6.54 Å². The summed E-state index contributed by atoms with van der Waals surface area (Å²) in [7, 11) is 3.68. The molecule has 82 valence electrons. The zero-order chi connectivity index (χ0) is 11.0. The van der Waals surface area contributed by atoms with Crippen LogP contribution in [0.2, 0.25) is 0 Å². The molecular weight excluding hydrogens is 182 g/mol. The molecule has 0 unspecified atom stereocenters. The van der Waals surface area contributed by atoms with E-state index in [-0.39, 0.29) is 12.0 Å². The molecule has 14 heavy (non-hydrogen) atoms. The zero-order valence-corrected chi connectivity index (χ0v) is 8.71. The normalized spacial score (nSPS) is 12.5. The number of nitrogens with zero attached hydrogens (tertiary/aromatic N) is 1. The molecule has 0 fully saturated rings. The van der Waals surface area contributed by atoms with E-state index in [9.17, 15) is 4.79 Å². The van der Waals surface area contributed by atoms with Crippen molar-refractivity contribution in [2.75, 3.05) is 20.6 Å². The van der Waals surface area contributed by atoms with Crippen LogP contribution in [0.15, 0.2) is 0 Å². The summed E-state index contributed by atoms with van der Waals surface area (Å²) in [5.74, 6) is -0.0341. The number of hydrazine groups is 1. The van der Waals surface area contributed by atoms with Crippen LogP contribution in [0, 0.1) is 5.41 Å². The molecule has 0 aromatic rings. The van der Waals surface area contributed by atoms with E-state index in [2.05, 4.69) is 10.7 Å². The van der Waals surface area contributed by atoms with Crippen molar-refractivity contribution >= 4 is 12.2 Å². The predicted octanol–water partition coefficient (Wildman–Crippen LogP) is -1.12. The molecule has 0 amide bonds. The van der Waals surface area contributed by atoms with Crippen molar-refractivity contribution in [3.05, 3.63) is 0 Å². The van der Waals surface area contributed by atoms with E-state index in [1.807, 2.05) is 14.1 Å². The van der Waals surface area contributed by atoms with Crippen LogP contribution >= 0.6 is 0 Å². The Labute approximate surface area is 84.3 Å². The lowest BCUT2D eigenvalue weighted by Crippen LogP contribution is -2.41. The molecular formula is C8H19N5O. The quantitative estimate of drug-likeness (QED) is 0.138. The third kappa shape index (κ3) is 7.51. The van der Waals surface area contributed by atoms with Gasteiger partial charge in [-0.15, -0.1) is 0 Å². The summed E-state index contributed by atoms with van der Waals surface area (Å²) in [5, 5.41) is 11.3. The molecule has 0 aliphatic carbocycles. The molecule has 5 N–H and O–H groups in total. The molecule has 0 rings (SSSR count). The molecule has 0 aliphatic heterocycles. The third-order valence-electron chi connectivity index (χ3n) is 1.60. The van der Waals surface area contributed by atoms with Gasteiger partial charge in [0, 0.05) is 20.6 Å². The Morgan fingerprint density at radius 3 is 2.71 bits per heavy atom. The monoisotopic (exact) mass is 201 g/mol. The number of carbonyl (C=O) groups is 1. The lowest BCUT2D eigenvalue weighted by atomic mass is 10.2. The SMILES string of the molecule is CN(C)N[C@H](C=O)CCCNC(=N)N. The van der Waals surface area contributed by atoms with Gasteiger partial charge in [0.25, 0.3) is 0 Å². The Hall–Kier alpha value is -1.14. The molecule has 6 heteroatoms. The molecule has 0 bridgehead atoms. The summed E-state index contributed by atoms with van der Waals surface area (Å²) < 4.78 is 0. The van der Waals surface area contributed by atoms with Crippen LogP contribution < -0.4 is 16.5 Å². The molecule has 0 radical (unpaired) electrons. The Morgan fingerprint density at radius 2 is 2.29 bits per heavy atom. The first-order valence-electron chi connectivity index (χ1n) is 4.53. The second-order valence-corrected chi connectivity index (χ2v) is 3.25. The van der Waals surface area contributed by atoms with E-state index >= 15 is 0 Å². The number of nitrogens with two attached hydrogens (primary N) is 1. The molecule has 0 saturated carbocycles. The summed E-state index contributed by atoms with van der Waals surface area (Å²) in [6.45, 7) is 0.620. The number of carbonyl (C=O) groups excluding carboxylic acids is 1. The lowest BCUT2D eigenvalue weighted by Gasteiger charge is -2.17. The van der Waals surface area contributed by atoms with E-state index < -0.39 is 0 Å². The average molecular weight is 201 g/mol. The van der Waals surface area contributed by atoms with Gasteiger partial charge in [-0.25, -0.2) is 10.4 Å². The van der Waals surface area contributed by atoms with Crippen LogP contribution in [0.25, 0.3) is 0 Å². The smallest absolute Gasteiger partial charge is 0.185 e. The van der Waals surface area contributed by atoms with Crippen molar-refractivity contribution < 1.29 is 4.79 Å². The first-order valence-corrected chi connectivity index (χ1v) is 4.53. The van der Waals surface area contributed by atoms with Gasteiger partial charge in [0.15, 0.2) is 5.96 Å². The van der Waals surface area contributed by atoms with E-state index in [1.165, 1.54) is 0 Å². The van der Waals surface area contributed by atoms with Gasteiger partial charge in [0.05, 0.1) is 6.04 Å². The Kier molecular flexibility index (Phi) is 6.69. The van der Waals surface area contributed by atoms with Gasteiger partial charge in [0.2, 0.25) is 0 Å². The fourth-order valence-electron chi connectivity index (χ4n) is 1.04. The highest BCUT2D eigenvalue weighted by molar-refractivity contribution is 5.74. The number of hydrogen-bond acceptors (Lipinski definition) is 4. The van der Waals surface area contributed by atoms with Crippen molar-refractivity contribution in [1.29, 1.82) is 5.41 Å². The van der Waals surface area contributed by atoms with E-state index in [0.717, 1.165) is 19.1 Å². The first-order chi connectivity index (χ1) is 6.56. The fourth-order valence-corrected chi connectivity index (χ4v) is 1.04. The zero-order valence-electron chi connectivity index (χ0n) is 8.71. The second-order valence-electron chi connectivity index (χ2n) is 3.25. The number of rotatable bonds is 7. The Balaban J connectivity index is 3.52. The van der Waals surface area contributed by atoms with Crippen LogP contribution in [0.4, 0.5) is 0 Å². The number of guanidine groups is 1. The lowest BCUT2D eigenvalue weighted by molar-refractivity contribution is -0.110. The van der Waals surface area contributed by atoms with Crippen LogP contribution in [-0.4, -0.2) is 43.9 Å². The van der Waals surface area contributed by atoms with Gasteiger partial charge < -0.3 is 15.8 Å². The standard InChI is InChI=1S/C8H19N5O/c1-13(2)12-7(6-14)4-3-5-11-8(9)10/h6-7,12H,3-5H2,1-2H3,(H4,9,10,11)/t7-/m0/s1. The Bertz CT molecular complexity index is 183. The highest BCUT2D eigenvalue weighted by Gasteiger charge is 2.06. The third-order valence-corrected chi connectivity index (χ3v) is 1.60. The van der Waals surface area contributed by atoms with Crippen LogP contribution in [0.1, 0.15) is 12.8 Å². The minimum absolute atomic E-state index is 0.0341. The maximum atomic E-state index is 10.6. The van der Waals surface area contributed by atoms with Gasteiger partial charge in [-0.05, 0) is 12.8 Å². The van der Waals surface area contributed by atoms with Crippen LogP contribution in [-0.2, 0) is 4.79 Å². The molecule has 0 heterocycles. The van der Waals surface area contributed by atoms with E-state index in [1.54, 1.807) is 5.01 Å². The number of aldehydes is 1. The fraction of sp³-hybridized carbons (Fsp3) is 0.750. The van der Waals surface area contributed by atoms with Crippen molar-refractivity contribution in [3.63, 3.8) is 0 Å². The van der Waals surface area contributed by atoms with Crippen molar-refractivity contribution in [1.82, 2.24) is 15.8 Å². The molecule has 6 nitrogen and oxygen atoms in total. The second kappa shape index (κ2) is 7.28. The first kappa shape index (κ1) is 12.9. The van der Waals surface area contributed by atoms with Crippen LogP contribution in [0.5, 0.6) is 0 Å². The number of hydrogen-bond donors (Lipinski definition) is 4. The minimum Gasteiger partial charge on any atom is -0.370 e. The van der Waals surface area contributed by atoms with Gasteiger partial charge in [-0.1, -0.05) is 0 Å². The summed E-state index contributed by atoms with van der Waals surface area (Å²) in [4.78, 5) is 10.6. The molecule has 0 aromatic carbocycles. The highest BCUT2D eigenvalue weighted by Crippen LogP contribution is 1.93. The molecule has 0 aromatic heterocycles. The summed E-state index contributed by atoms with van der Waals surface area (Å²) in [6.07, 6.45) is 2.40. The maximum absolute atomic E-state index is 10.6. The van der Waals surface area contributed by atoms with Gasteiger partial charge in [-0.3, -0.25) is 5.41 Å². The van der Waals surface area contributed by atoms with E-state index in [4.69, 9.17) is 11.1 Å². The molecule has 0 aliphatic rings. The topological polar surface area (TPSA) is 94.2 Å². The predicted molar refractivity (Wildman–Crippen MR) is 55.8 cm³/mol. The summed E-state index contributed by atoms with van der Waals surface area (Å²) >= 11 is 0. The van der Waals surface area contributed by atoms with Gasteiger partial charge in [0.1, 0.15) is 6.29 Å². The highest BCUT2D eigenvalue weighted by atomic mass is 16.1. The minimum atomic E-state index is -0.168. The Morgan fingerprint density at radius 1 is 1.64 bits per heavy atom. The van der Waals surface area contributed by atoms with Gasteiger partial charge >= 0.3 is 0 Å². The van der Waals surface area contributed by atoms with Crippen molar-refractivity contribution in [3.8, 4) is 0 Å². The number of nitrogens with one attached hydrogen (secondary N) is 3. The summed E-state index contributed by atoms with van der Waals surface area (Å²) in [6, 6.07) is -0.168. The molecule has 0 saturated heterocycles. The van der Waals surface area contributed by atoms with Crippen LogP contribution in [0.3, 0.4) is 0 Å².